The van der Waals surface area contributed by atoms with Gasteiger partial charge < -0.3 is 20.3 Å². The maximum Gasteiger partial charge on any atom is 0.327 e. The van der Waals surface area contributed by atoms with Crippen LogP contribution in [0.1, 0.15) is 10.4 Å². The highest BCUT2D eigenvalue weighted by molar-refractivity contribution is 6.06. The molecule has 2 aromatic rings. The number of phenols is 2. The number of hydrogen-bond acceptors (Lipinski definition) is 6. The molecule has 0 radical (unpaired) electrons. The van der Waals surface area contributed by atoms with E-state index in [1.54, 1.807) is 0 Å². The van der Waals surface area contributed by atoms with Gasteiger partial charge in [-0.1, -0.05) is 0 Å². The SMILES string of the molecule is COC(=O)Cn1cc(NC(=O)c2cc(O)ccc2O)cn1. The van der Waals surface area contributed by atoms with Crippen molar-refractivity contribution in [2.24, 2.45) is 0 Å². The van der Waals surface area contributed by atoms with Crippen LogP contribution in [0.25, 0.3) is 0 Å². The highest BCUT2D eigenvalue weighted by atomic mass is 16.5. The Hall–Kier alpha value is -3.03. The van der Waals surface area contributed by atoms with Crippen LogP contribution in [0.15, 0.2) is 30.6 Å². The molecule has 0 bridgehead atoms. The molecule has 0 fully saturated rings. The summed E-state index contributed by atoms with van der Waals surface area (Å²) in [5, 5.41) is 25.3. The molecule has 110 valence electrons. The van der Waals surface area contributed by atoms with Gasteiger partial charge in [-0.25, -0.2) is 0 Å². The Kier molecular flexibility index (Phi) is 4.07. The van der Waals surface area contributed by atoms with E-state index in [2.05, 4.69) is 15.2 Å². The lowest BCUT2D eigenvalue weighted by molar-refractivity contribution is -0.141. The van der Waals surface area contributed by atoms with Crippen LogP contribution in [0.2, 0.25) is 0 Å². The number of hydrogen-bond donors (Lipinski definition) is 3. The van der Waals surface area contributed by atoms with Crippen molar-refractivity contribution in [1.29, 1.82) is 0 Å². The van der Waals surface area contributed by atoms with Gasteiger partial charge in [0.05, 0.1) is 24.6 Å². The summed E-state index contributed by atoms with van der Waals surface area (Å²) in [6, 6.07) is 3.62. The van der Waals surface area contributed by atoms with Gasteiger partial charge in [0.25, 0.3) is 5.91 Å². The maximum absolute atomic E-state index is 12.0. The van der Waals surface area contributed by atoms with Gasteiger partial charge in [0, 0.05) is 6.20 Å². The van der Waals surface area contributed by atoms with Crippen molar-refractivity contribution < 1.29 is 24.5 Å². The van der Waals surface area contributed by atoms with Crippen molar-refractivity contribution in [3.8, 4) is 11.5 Å². The molecule has 21 heavy (non-hydrogen) atoms. The van der Waals surface area contributed by atoms with Gasteiger partial charge in [-0.05, 0) is 18.2 Å². The summed E-state index contributed by atoms with van der Waals surface area (Å²) in [7, 11) is 1.26. The van der Waals surface area contributed by atoms with Gasteiger partial charge in [-0.2, -0.15) is 5.10 Å². The van der Waals surface area contributed by atoms with E-state index in [0.717, 1.165) is 6.07 Å². The van der Waals surface area contributed by atoms with Crippen molar-refractivity contribution in [2.75, 3.05) is 12.4 Å². The van der Waals surface area contributed by atoms with Crippen molar-refractivity contribution in [3.05, 3.63) is 36.2 Å². The van der Waals surface area contributed by atoms with Crippen molar-refractivity contribution in [1.82, 2.24) is 9.78 Å². The van der Waals surface area contributed by atoms with Gasteiger partial charge >= 0.3 is 5.97 Å². The number of carbonyl (C=O) groups excluding carboxylic acids is 2. The lowest BCUT2D eigenvalue weighted by atomic mass is 10.1. The molecule has 1 aromatic carbocycles. The van der Waals surface area contributed by atoms with Crippen LogP contribution in [-0.2, 0) is 16.1 Å². The summed E-state index contributed by atoms with van der Waals surface area (Å²) >= 11 is 0. The zero-order valence-electron chi connectivity index (χ0n) is 11.1. The van der Waals surface area contributed by atoms with Gasteiger partial charge in [0.15, 0.2) is 0 Å². The van der Waals surface area contributed by atoms with Crippen LogP contribution in [0.3, 0.4) is 0 Å². The van der Waals surface area contributed by atoms with Gasteiger partial charge in [0.1, 0.15) is 18.0 Å². The molecule has 8 nitrogen and oxygen atoms in total. The smallest absolute Gasteiger partial charge is 0.327 e. The molecule has 2 rings (SSSR count). The third kappa shape index (κ3) is 3.50. The largest absolute Gasteiger partial charge is 0.508 e. The number of anilines is 1. The Balaban J connectivity index is 2.09. The number of esters is 1. The number of carbonyl (C=O) groups is 2. The normalized spacial score (nSPS) is 10.1. The number of benzene rings is 1. The van der Waals surface area contributed by atoms with E-state index < -0.39 is 11.9 Å². The van der Waals surface area contributed by atoms with Gasteiger partial charge in [-0.15, -0.1) is 0 Å². The molecule has 0 aliphatic heterocycles. The Morgan fingerprint density at radius 2 is 2.14 bits per heavy atom. The zero-order chi connectivity index (χ0) is 15.4. The van der Waals surface area contributed by atoms with E-state index in [-0.39, 0.29) is 23.6 Å². The standard InChI is InChI=1S/C13H13N3O5/c1-21-12(19)7-16-6-8(5-14-16)15-13(20)10-4-9(17)2-3-11(10)18/h2-6,17-18H,7H2,1H3,(H,15,20). The Morgan fingerprint density at radius 3 is 2.86 bits per heavy atom. The minimum Gasteiger partial charge on any atom is -0.508 e. The molecule has 1 aromatic heterocycles. The summed E-state index contributed by atoms with van der Waals surface area (Å²) in [6.45, 7) is -0.0796. The highest BCUT2D eigenvalue weighted by Crippen LogP contribution is 2.23. The Bertz CT molecular complexity index is 680. The molecule has 0 unspecified atom stereocenters. The van der Waals surface area contributed by atoms with Crippen molar-refractivity contribution >= 4 is 17.6 Å². The first kappa shape index (κ1) is 14.4. The number of aromatic nitrogens is 2. The summed E-state index contributed by atoms with van der Waals surface area (Å²) < 4.78 is 5.79. The maximum atomic E-state index is 12.0. The highest BCUT2D eigenvalue weighted by Gasteiger charge is 2.13. The molecule has 0 spiro atoms. The number of ether oxygens (including phenoxy) is 1. The second-order valence-electron chi connectivity index (χ2n) is 4.16. The van der Waals surface area contributed by atoms with E-state index in [1.807, 2.05) is 0 Å². The first-order valence-electron chi connectivity index (χ1n) is 5.92. The van der Waals surface area contributed by atoms with E-state index in [1.165, 1.54) is 36.3 Å². The van der Waals surface area contributed by atoms with Crippen LogP contribution in [-0.4, -0.2) is 39.0 Å². The number of methoxy groups -OCH3 is 1. The second-order valence-corrected chi connectivity index (χ2v) is 4.16. The molecule has 0 aliphatic rings. The summed E-state index contributed by atoms with van der Waals surface area (Å²) in [5.41, 5.74) is 0.266. The fourth-order valence-electron chi connectivity index (χ4n) is 1.62. The predicted octanol–water partition coefficient (Wildman–Crippen LogP) is 0.720. The monoisotopic (exact) mass is 291 g/mol. The van der Waals surface area contributed by atoms with Crippen molar-refractivity contribution in [2.45, 2.75) is 6.54 Å². The van der Waals surface area contributed by atoms with E-state index >= 15 is 0 Å². The molecule has 8 heteroatoms. The average molecular weight is 291 g/mol. The second kappa shape index (κ2) is 5.95. The molecule has 0 atom stereocenters. The molecule has 1 heterocycles. The lowest BCUT2D eigenvalue weighted by Gasteiger charge is -2.05. The minimum absolute atomic E-state index is 0.0734. The van der Waals surface area contributed by atoms with E-state index in [4.69, 9.17) is 0 Å². The number of nitrogens with one attached hydrogen (secondary N) is 1. The van der Waals surface area contributed by atoms with Crippen LogP contribution in [0, 0.1) is 0 Å². The fourth-order valence-corrected chi connectivity index (χ4v) is 1.62. The third-order valence-corrected chi connectivity index (χ3v) is 2.63. The molecular formula is C13H13N3O5. The number of aromatic hydroxyl groups is 2. The van der Waals surface area contributed by atoms with Crippen LogP contribution >= 0.6 is 0 Å². The summed E-state index contributed by atoms with van der Waals surface area (Å²) in [5.74, 6) is -1.48. The average Bonchev–Trinajstić information content (AvgIpc) is 2.88. The zero-order valence-corrected chi connectivity index (χ0v) is 11.1. The number of rotatable bonds is 4. The number of amides is 1. The number of nitrogens with zero attached hydrogens (tertiary/aromatic N) is 2. The van der Waals surface area contributed by atoms with E-state index in [9.17, 15) is 19.8 Å². The Morgan fingerprint density at radius 1 is 1.38 bits per heavy atom. The van der Waals surface area contributed by atoms with Gasteiger partial charge in [-0.3, -0.25) is 14.3 Å². The molecule has 1 amide bonds. The van der Waals surface area contributed by atoms with E-state index in [0.29, 0.717) is 5.69 Å². The quantitative estimate of drug-likeness (QED) is 0.565. The minimum atomic E-state index is -0.610. The molecule has 3 N–H and O–H groups in total. The molecule has 0 aliphatic carbocycles. The first-order chi connectivity index (χ1) is 9.99. The van der Waals surface area contributed by atoms with Crippen LogP contribution < -0.4 is 5.32 Å². The number of phenolic OH excluding ortho intramolecular Hbond substituents is 2. The van der Waals surface area contributed by atoms with Crippen LogP contribution in [0.4, 0.5) is 5.69 Å². The molecule has 0 saturated heterocycles. The lowest BCUT2D eigenvalue weighted by Crippen LogP contribution is -2.13. The first-order valence-corrected chi connectivity index (χ1v) is 5.92. The summed E-state index contributed by atoms with van der Waals surface area (Å²) in [6.07, 6.45) is 2.79. The third-order valence-electron chi connectivity index (χ3n) is 2.63. The predicted molar refractivity (Wildman–Crippen MR) is 72.0 cm³/mol. The molecular weight excluding hydrogens is 278 g/mol. The van der Waals surface area contributed by atoms with Gasteiger partial charge in [0.2, 0.25) is 0 Å². The fraction of sp³-hybridized carbons (Fsp3) is 0.154. The molecule has 0 saturated carbocycles. The van der Waals surface area contributed by atoms with Crippen LogP contribution in [0.5, 0.6) is 11.5 Å². The van der Waals surface area contributed by atoms with Crippen molar-refractivity contribution in [3.63, 3.8) is 0 Å². The topological polar surface area (TPSA) is 114 Å². The summed E-state index contributed by atoms with van der Waals surface area (Å²) in [4.78, 5) is 23.0. The Labute approximate surface area is 119 Å².